The number of methoxy groups -OCH3 is 1. The van der Waals surface area contributed by atoms with Crippen LogP contribution in [0.3, 0.4) is 0 Å². The minimum absolute atomic E-state index is 0.0230. The zero-order valence-electron chi connectivity index (χ0n) is 18.0. The van der Waals surface area contributed by atoms with E-state index >= 15 is 0 Å². The molecule has 0 radical (unpaired) electrons. The summed E-state index contributed by atoms with van der Waals surface area (Å²) in [6, 6.07) is 21.0. The number of hydrogen-bond donors (Lipinski definition) is 1. The maximum Gasteiger partial charge on any atom is 0.301 e. The summed E-state index contributed by atoms with van der Waals surface area (Å²) in [5, 5.41) is 11.6. The minimum Gasteiger partial charge on any atom is -0.507 e. The van der Waals surface area contributed by atoms with Crippen molar-refractivity contribution in [1.82, 2.24) is 4.98 Å². The van der Waals surface area contributed by atoms with Crippen LogP contribution in [-0.2, 0) is 9.59 Å². The average molecular weight is 457 g/mol. The number of aliphatic hydroxyl groups is 1. The highest BCUT2D eigenvalue weighted by atomic mass is 32.1. The van der Waals surface area contributed by atoms with E-state index in [0.717, 1.165) is 15.8 Å². The van der Waals surface area contributed by atoms with Crippen molar-refractivity contribution in [3.63, 3.8) is 0 Å². The Morgan fingerprint density at radius 2 is 1.82 bits per heavy atom. The summed E-state index contributed by atoms with van der Waals surface area (Å²) in [4.78, 5) is 32.6. The van der Waals surface area contributed by atoms with Crippen LogP contribution in [0.4, 0.5) is 5.13 Å². The lowest BCUT2D eigenvalue weighted by molar-refractivity contribution is -0.132. The number of carbonyl (C=O) groups excluding carboxylic acids is 2. The summed E-state index contributed by atoms with van der Waals surface area (Å²) in [6.45, 7) is 1.99. The zero-order chi connectivity index (χ0) is 23.1. The van der Waals surface area contributed by atoms with Crippen LogP contribution in [0.1, 0.15) is 22.7 Å². The molecule has 2 heterocycles. The van der Waals surface area contributed by atoms with Crippen LogP contribution in [0.5, 0.6) is 5.75 Å². The molecule has 0 aliphatic carbocycles. The molecule has 5 rings (SSSR count). The molecule has 33 heavy (non-hydrogen) atoms. The van der Waals surface area contributed by atoms with Gasteiger partial charge in [-0.05, 0) is 42.3 Å². The molecular formula is C26H20N2O4S. The van der Waals surface area contributed by atoms with Crippen molar-refractivity contribution < 1.29 is 19.4 Å². The van der Waals surface area contributed by atoms with Gasteiger partial charge in [-0.15, -0.1) is 0 Å². The van der Waals surface area contributed by atoms with E-state index in [9.17, 15) is 14.7 Å². The number of ether oxygens (including phenoxy) is 1. The fourth-order valence-corrected chi connectivity index (χ4v) is 5.12. The van der Waals surface area contributed by atoms with Gasteiger partial charge in [0.25, 0.3) is 5.78 Å². The maximum absolute atomic E-state index is 13.3. The van der Waals surface area contributed by atoms with E-state index in [1.54, 1.807) is 24.3 Å². The smallest absolute Gasteiger partial charge is 0.301 e. The molecule has 1 aliphatic heterocycles. The van der Waals surface area contributed by atoms with Crippen molar-refractivity contribution in [2.75, 3.05) is 12.0 Å². The molecule has 1 N–H and O–H groups in total. The number of anilines is 1. The van der Waals surface area contributed by atoms with Gasteiger partial charge in [-0.2, -0.15) is 0 Å². The summed E-state index contributed by atoms with van der Waals surface area (Å²) in [5.41, 5.74) is 2.96. The summed E-state index contributed by atoms with van der Waals surface area (Å²) in [6.07, 6.45) is 0. The summed E-state index contributed by atoms with van der Waals surface area (Å²) in [7, 11) is 1.52. The predicted octanol–water partition coefficient (Wildman–Crippen LogP) is 5.24. The van der Waals surface area contributed by atoms with Gasteiger partial charge >= 0.3 is 5.91 Å². The first-order chi connectivity index (χ1) is 16.0. The van der Waals surface area contributed by atoms with E-state index in [1.165, 1.54) is 23.3 Å². The second-order valence-electron chi connectivity index (χ2n) is 7.78. The number of hydrogen-bond acceptors (Lipinski definition) is 6. The van der Waals surface area contributed by atoms with Crippen molar-refractivity contribution in [3.05, 3.63) is 95.1 Å². The summed E-state index contributed by atoms with van der Waals surface area (Å²) in [5.74, 6) is -1.18. The fraction of sp³-hybridized carbons (Fsp3) is 0.115. The molecule has 0 bridgehead atoms. The molecule has 1 amide bonds. The van der Waals surface area contributed by atoms with E-state index < -0.39 is 17.7 Å². The lowest BCUT2D eigenvalue weighted by atomic mass is 9.95. The third-order valence-electron chi connectivity index (χ3n) is 5.64. The number of rotatable bonds is 4. The van der Waals surface area contributed by atoms with Crippen LogP contribution in [0.25, 0.3) is 16.0 Å². The van der Waals surface area contributed by atoms with Gasteiger partial charge in [0.2, 0.25) is 0 Å². The molecule has 1 unspecified atom stereocenters. The van der Waals surface area contributed by atoms with Crippen LogP contribution in [0.15, 0.2) is 78.4 Å². The topological polar surface area (TPSA) is 79.7 Å². The molecule has 0 spiro atoms. The van der Waals surface area contributed by atoms with Crippen molar-refractivity contribution >= 4 is 44.1 Å². The number of ketones is 1. The highest BCUT2D eigenvalue weighted by molar-refractivity contribution is 7.22. The summed E-state index contributed by atoms with van der Waals surface area (Å²) >= 11 is 1.35. The largest absolute Gasteiger partial charge is 0.507 e. The molecule has 1 aliphatic rings. The van der Waals surface area contributed by atoms with Crippen molar-refractivity contribution in [1.29, 1.82) is 0 Å². The standard InChI is InChI=1S/C26H20N2O4S/c1-15-11-12-19-20(13-15)33-26(27-19)28-22(16-7-4-3-5-8-16)21(24(30)25(28)31)23(29)17-9-6-10-18(14-17)32-2/h3-14,22,29H,1-2H3/b23-21+. The number of aliphatic hydroxyl groups excluding tert-OH is 1. The zero-order valence-corrected chi connectivity index (χ0v) is 18.8. The predicted molar refractivity (Wildman–Crippen MR) is 129 cm³/mol. The SMILES string of the molecule is COc1cccc(/C(O)=C2\C(=O)C(=O)N(c3nc4ccc(C)cc4s3)C2c2ccccc2)c1. The highest BCUT2D eigenvalue weighted by Crippen LogP contribution is 2.44. The molecule has 1 aromatic heterocycles. The van der Waals surface area contributed by atoms with Crippen LogP contribution in [-0.4, -0.2) is 28.9 Å². The number of carbonyl (C=O) groups is 2. The van der Waals surface area contributed by atoms with Gasteiger partial charge in [0, 0.05) is 5.56 Å². The molecule has 3 aromatic carbocycles. The Labute approximate surface area is 194 Å². The van der Waals surface area contributed by atoms with Crippen LogP contribution < -0.4 is 9.64 Å². The number of aromatic nitrogens is 1. The number of thiazole rings is 1. The lowest BCUT2D eigenvalue weighted by Crippen LogP contribution is -2.29. The van der Waals surface area contributed by atoms with E-state index in [0.29, 0.717) is 22.0 Å². The quantitative estimate of drug-likeness (QED) is 0.258. The van der Waals surface area contributed by atoms with Gasteiger partial charge in [0.15, 0.2) is 5.13 Å². The van der Waals surface area contributed by atoms with Crippen LogP contribution in [0, 0.1) is 6.92 Å². The van der Waals surface area contributed by atoms with Gasteiger partial charge < -0.3 is 9.84 Å². The minimum atomic E-state index is -0.806. The van der Waals surface area contributed by atoms with Gasteiger partial charge in [-0.3, -0.25) is 14.5 Å². The first-order valence-electron chi connectivity index (χ1n) is 10.4. The van der Waals surface area contributed by atoms with E-state index in [1.807, 2.05) is 55.5 Å². The van der Waals surface area contributed by atoms with Crippen molar-refractivity contribution in [3.8, 4) is 5.75 Å². The van der Waals surface area contributed by atoms with E-state index in [-0.39, 0.29) is 11.3 Å². The van der Waals surface area contributed by atoms with Gasteiger partial charge in [0.1, 0.15) is 11.5 Å². The monoisotopic (exact) mass is 456 g/mol. The molecule has 6 nitrogen and oxygen atoms in total. The third-order valence-corrected chi connectivity index (χ3v) is 6.66. The van der Waals surface area contributed by atoms with Crippen molar-refractivity contribution in [2.24, 2.45) is 0 Å². The van der Waals surface area contributed by atoms with Crippen LogP contribution >= 0.6 is 11.3 Å². The average Bonchev–Trinajstić information content (AvgIpc) is 3.37. The lowest BCUT2D eigenvalue weighted by Gasteiger charge is -2.22. The molecular weight excluding hydrogens is 436 g/mol. The Morgan fingerprint density at radius 1 is 1.03 bits per heavy atom. The van der Waals surface area contributed by atoms with E-state index in [2.05, 4.69) is 4.98 Å². The first-order valence-corrected chi connectivity index (χ1v) is 11.2. The van der Waals surface area contributed by atoms with Gasteiger partial charge in [-0.25, -0.2) is 4.98 Å². The molecule has 0 saturated carbocycles. The number of aryl methyl sites for hydroxylation is 1. The molecule has 4 aromatic rings. The van der Waals surface area contributed by atoms with E-state index in [4.69, 9.17) is 4.74 Å². The third kappa shape index (κ3) is 3.56. The normalized spacial score (nSPS) is 17.6. The molecule has 1 atom stereocenters. The number of Topliss-reactive ketones (excluding diaryl/α,β-unsaturated/α-hetero) is 1. The highest BCUT2D eigenvalue weighted by Gasteiger charge is 2.48. The number of fused-ring (bicyclic) bond motifs is 1. The summed E-state index contributed by atoms with van der Waals surface area (Å²) < 4.78 is 6.18. The Morgan fingerprint density at radius 3 is 2.58 bits per heavy atom. The molecule has 7 heteroatoms. The fourth-order valence-electron chi connectivity index (χ4n) is 4.03. The molecule has 164 valence electrons. The first kappa shape index (κ1) is 20.9. The number of amides is 1. The molecule has 1 saturated heterocycles. The maximum atomic E-state index is 13.3. The Bertz CT molecular complexity index is 1420. The Balaban J connectivity index is 1.72. The van der Waals surface area contributed by atoms with Gasteiger partial charge in [0.05, 0.1) is 28.9 Å². The van der Waals surface area contributed by atoms with Gasteiger partial charge in [-0.1, -0.05) is 59.9 Å². The Hall–Kier alpha value is -3.97. The molecule has 1 fully saturated rings. The second kappa shape index (κ2) is 8.18. The van der Waals surface area contributed by atoms with Crippen molar-refractivity contribution in [2.45, 2.75) is 13.0 Å². The van der Waals surface area contributed by atoms with Crippen LogP contribution in [0.2, 0.25) is 0 Å². The number of nitrogens with zero attached hydrogens (tertiary/aromatic N) is 2. The number of benzene rings is 3. The second-order valence-corrected chi connectivity index (χ2v) is 8.79. The Kier molecular flexibility index (Phi) is 5.18.